The molecule has 1 amide bonds. The average molecular weight is 436 g/mol. The van der Waals surface area contributed by atoms with Crippen LogP contribution in [0.4, 0.5) is 0 Å². The molecule has 9 heteroatoms. The lowest BCUT2D eigenvalue weighted by atomic mass is 10.0. The quantitative estimate of drug-likeness (QED) is 0.381. The van der Waals surface area contributed by atoms with Crippen LogP contribution in [0.25, 0.3) is 21.3 Å². The first-order valence-corrected chi connectivity index (χ1v) is 10.8. The van der Waals surface area contributed by atoms with E-state index in [1.165, 1.54) is 0 Å². The van der Waals surface area contributed by atoms with E-state index in [1.807, 2.05) is 36.4 Å². The number of aliphatic hydroxyl groups is 1. The molecule has 0 saturated heterocycles. The molecule has 1 saturated carbocycles. The summed E-state index contributed by atoms with van der Waals surface area (Å²) in [6.45, 7) is 0.0351. The molecule has 1 aliphatic carbocycles. The van der Waals surface area contributed by atoms with Crippen LogP contribution in [0.2, 0.25) is 0 Å². The van der Waals surface area contributed by atoms with E-state index in [9.17, 15) is 9.90 Å². The fourth-order valence-corrected chi connectivity index (χ4v) is 4.31. The summed E-state index contributed by atoms with van der Waals surface area (Å²) < 4.78 is 6.69. The molecule has 1 aliphatic rings. The van der Waals surface area contributed by atoms with Crippen LogP contribution < -0.4 is 11.1 Å². The number of rotatable bonds is 7. The summed E-state index contributed by atoms with van der Waals surface area (Å²) in [6, 6.07) is 14.0. The van der Waals surface area contributed by atoms with Crippen LogP contribution in [0, 0.1) is 0 Å². The van der Waals surface area contributed by atoms with E-state index < -0.39 is 5.66 Å². The van der Waals surface area contributed by atoms with Crippen molar-refractivity contribution in [2.75, 3.05) is 0 Å². The van der Waals surface area contributed by atoms with Crippen LogP contribution in [0.1, 0.15) is 35.2 Å². The molecular formula is C22H21N5O3S. The molecule has 1 fully saturated rings. The van der Waals surface area contributed by atoms with Crippen molar-refractivity contribution in [2.45, 2.75) is 38.0 Å². The van der Waals surface area contributed by atoms with Crippen LogP contribution in [0.5, 0.6) is 0 Å². The zero-order valence-electron chi connectivity index (χ0n) is 16.7. The predicted molar refractivity (Wildman–Crippen MR) is 116 cm³/mol. The van der Waals surface area contributed by atoms with Crippen molar-refractivity contribution in [3.8, 4) is 11.1 Å². The van der Waals surface area contributed by atoms with Crippen molar-refractivity contribution >= 4 is 27.5 Å². The number of aromatic nitrogens is 3. The van der Waals surface area contributed by atoms with E-state index in [4.69, 9.17) is 10.2 Å². The first-order valence-electron chi connectivity index (χ1n) is 10.0. The average Bonchev–Trinajstić information content (AvgIpc) is 3.13. The second-order valence-electron chi connectivity index (χ2n) is 7.79. The van der Waals surface area contributed by atoms with Crippen molar-refractivity contribution in [2.24, 2.45) is 5.73 Å². The normalized spacial score (nSPS) is 14.6. The van der Waals surface area contributed by atoms with Crippen molar-refractivity contribution in [1.82, 2.24) is 20.5 Å². The lowest BCUT2D eigenvalue weighted by molar-refractivity contribution is -0.121. The molecule has 2 aromatic heterocycles. The Labute approximate surface area is 182 Å². The molecule has 31 heavy (non-hydrogen) atoms. The molecule has 4 aromatic rings. The predicted octanol–water partition coefficient (Wildman–Crippen LogP) is 2.54. The smallest absolute Gasteiger partial charge is 0.230 e. The maximum atomic E-state index is 12.0. The Morgan fingerprint density at radius 2 is 1.87 bits per heavy atom. The van der Waals surface area contributed by atoms with Gasteiger partial charge < -0.3 is 20.6 Å². The van der Waals surface area contributed by atoms with Crippen molar-refractivity contribution in [3.63, 3.8) is 0 Å². The Balaban J connectivity index is 1.28. The van der Waals surface area contributed by atoms with E-state index in [1.54, 1.807) is 11.3 Å². The molecule has 2 heterocycles. The fourth-order valence-electron chi connectivity index (χ4n) is 3.31. The Bertz CT molecular complexity index is 1240. The lowest BCUT2D eigenvalue weighted by Crippen LogP contribution is -2.44. The summed E-state index contributed by atoms with van der Waals surface area (Å²) in [4.78, 5) is 16.7. The van der Waals surface area contributed by atoms with Gasteiger partial charge in [-0.15, -0.1) is 21.5 Å². The van der Waals surface area contributed by atoms with Gasteiger partial charge in [0.1, 0.15) is 11.4 Å². The van der Waals surface area contributed by atoms with Crippen molar-refractivity contribution in [3.05, 3.63) is 64.8 Å². The van der Waals surface area contributed by atoms with Crippen molar-refractivity contribution < 1.29 is 14.3 Å². The van der Waals surface area contributed by atoms with Crippen LogP contribution in [-0.2, 0) is 24.2 Å². The Hall–Kier alpha value is -3.14. The Kier molecular flexibility index (Phi) is 5.01. The molecule has 0 atom stereocenters. The number of hydrogen-bond donors (Lipinski definition) is 3. The van der Waals surface area contributed by atoms with Gasteiger partial charge in [-0.2, -0.15) is 0 Å². The van der Waals surface area contributed by atoms with Crippen LogP contribution in [0.3, 0.4) is 0 Å². The van der Waals surface area contributed by atoms with Gasteiger partial charge in [0, 0.05) is 0 Å². The van der Waals surface area contributed by atoms with Gasteiger partial charge in [-0.3, -0.25) is 4.79 Å². The lowest BCUT2D eigenvalue weighted by Gasteiger charge is -2.09. The summed E-state index contributed by atoms with van der Waals surface area (Å²) in [6.07, 6.45) is 2.02. The molecule has 0 unspecified atom stereocenters. The summed E-state index contributed by atoms with van der Waals surface area (Å²) >= 11 is 1.57. The molecule has 2 aromatic carbocycles. The largest absolute Gasteiger partial charge is 0.424 e. The molecule has 4 N–H and O–H groups in total. The number of hydrogen-bond acceptors (Lipinski definition) is 8. The third-order valence-electron chi connectivity index (χ3n) is 5.20. The highest BCUT2D eigenvalue weighted by Gasteiger charge is 2.39. The summed E-state index contributed by atoms with van der Waals surface area (Å²) in [5.74, 6) is 0.483. The second kappa shape index (κ2) is 7.84. The minimum atomic E-state index is -0.555. The van der Waals surface area contributed by atoms with Gasteiger partial charge in [-0.25, -0.2) is 4.98 Å². The molecule has 0 aliphatic heterocycles. The van der Waals surface area contributed by atoms with Crippen LogP contribution in [-0.4, -0.2) is 31.9 Å². The number of fused-ring (bicyclic) bond motifs is 1. The number of thiazole rings is 1. The zero-order valence-corrected chi connectivity index (χ0v) is 17.5. The number of nitrogens with two attached hydrogens (primary N) is 1. The number of benzene rings is 2. The van der Waals surface area contributed by atoms with Gasteiger partial charge in [0.2, 0.25) is 17.7 Å². The summed E-state index contributed by atoms with van der Waals surface area (Å²) in [7, 11) is 0. The molecule has 0 radical (unpaired) electrons. The highest BCUT2D eigenvalue weighted by atomic mass is 32.1. The first-order chi connectivity index (χ1) is 15.0. The maximum Gasteiger partial charge on any atom is 0.230 e. The number of amides is 1. The monoisotopic (exact) mass is 435 g/mol. The third-order valence-corrected chi connectivity index (χ3v) is 6.22. The SMILES string of the molecule is NC1(NC(=O)Cc2nnc(Cc3nc4ccc(-c5ccc(CO)cc5)cc4s3)o2)CC1. The third kappa shape index (κ3) is 4.48. The van der Waals surface area contributed by atoms with Gasteiger partial charge >= 0.3 is 0 Å². The highest BCUT2D eigenvalue weighted by Crippen LogP contribution is 2.30. The van der Waals surface area contributed by atoms with Gasteiger partial charge in [0.15, 0.2) is 0 Å². The van der Waals surface area contributed by atoms with Crippen LogP contribution >= 0.6 is 11.3 Å². The van der Waals surface area contributed by atoms with E-state index in [2.05, 4.69) is 26.6 Å². The van der Waals surface area contributed by atoms with Gasteiger partial charge in [0.25, 0.3) is 0 Å². The maximum absolute atomic E-state index is 12.0. The second-order valence-corrected chi connectivity index (χ2v) is 8.91. The molecule has 0 spiro atoms. The molecule has 8 nitrogen and oxygen atoms in total. The molecule has 5 rings (SSSR count). The van der Waals surface area contributed by atoms with Gasteiger partial charge in [-0.1, -0.05) is 30.3 Å². The minimum Gasteiger partial charge on any atom is -0.424 e. The number of aliphatic hydroxyl groups excluding tert-OH is 1. The van der Waals surface area contributed by atoms with E-state index in [0.717, 1.165) is 44.8 Å². The number of carbonyl (C=O) groups excluding carboxylic acids is 1. The standard InChI is InChI=1S/C22H21N5O3S/c23-22(7-8-22)25-18(29)10-19-26-27-20(30-19)11-21-24-16-6-5-15(9-17(16)31-21)14-3-1-13(12-28)2-4-14/h1-6,9,28H,7-8,10-12,23H2,(H,25,29). The van der Waals surface area contributed by atoms with Gasteiger partial charge in [0.05, 0.1) is 28.9 Å². The van der Waals surface area contributed by atoms with Gasteiger partial charge in [-0.05, 0) is 41.7 Å². The number of carbonyl (C=O) groups is 1. The molecule has 158 valence electrons. The fraction of sp³-hybridized carbons (Fsp3) is 0.273. The number of nitrogens with one attached hydrogen (secondary N) is 1. The Morgan fingerprint density at radius 1 is 1.13 bits per heavy atom. The summed E-state index contributed by atoms with van der Waals surface area (Å²) in [5, 5.41) is 20.9. The molecule has 0 bridgehead atoms. The zero-order chi connectivity index (χ0) is 21.4. The van der Waals surface area contributed by atoms with Crippen LogP contribution in [0.15, 0.2) is 46.9 Å². The highest BCUT2D eigenvalue weighted by molar-refractivity contribution is 7.18. The molecular weight excluding hydrogens is 414 g/mol. The Morgan fingerprint density at radius 3 is 2.61 bits per heavy atom. The number of nitrogens with zero attached hydrogens (tertiary/aromatic N) is 3. The summed E-state index contributed by atoms with van der Waals surface area (Å²) in [5.41, 5.74) is 9.30. The minimum absolute atomic E-state index is 0.0181. The first kappa shape index (κ1) is 19.8. The van der Waals surface area contributed by atoms with E-state index >= 15 is 0 Å². The van der Waals surface area contributed by atoms with E-state index in [0.29, 0.717) is 12.3 Å². The van der Waals surface area contributed by atoms with Crippen molar-refractivity contribution in [1.29, 1.82) is 0 Å². The van der Waals surface area contributed by atoms with E-state index in [-0.39, 0.29) is 24.8 Å². The topological polar surface area (TPSA) is 127 Å².